The quantitative estimate of drug-likeness (QED) is 0.0153. The monoisotopic (exact) mass is 1440 g/mol. The SMILES string of the molecule is CCCC1CC(CC)SCc2nn(CCOCCOCCC(=O)N[C@H](C(=O)N[C@@H](CCCNC(N)=O)C(=O)NC3C=CC(C[C@@H](CN=[N+]=[N-])NC(=O)[C@H](C)[C@@H](OC)[C@@H]4CCCN4C(=O)C[C@@H](OC)[C@H]([C@@H](C)CC)N(C)C(=O)[C@@H](NC(=O)[C@H](C(C)C)N(C)C)C(C)C)=CC3)C(C)C)nc2CS1. The van der Waals surface area contributed by atoms with E-state index in [4.69, 9.17) is 34.9 Å². The van der Waals surface area contributed by atoms with Crippen LogP contribution in [-0.4, -0.2) is 230 Å². The highest BCUT2D eigenvalue weighted by atomic mass is 32.2. The van der Waals surface area contributed by atoms with Crippen molar-refractivity contribution in [3.05, 3.63) is 45.6 Å². The van der Waals surface area contributed by atoms with E-state index in [-0.39, 0.29) is 99.3 Å². The minimum atomic E-state index is -1.05. The topological polar surface area (TPSA) is 361 Å². The Morgan fingerprint density at radius 3 is 2.05 bits per heavy atom. The zero-order valence-electron chi connectivity index (χ0n) is 62.6. The minimum Gasteiger partial charge on any atom is -0.379 e. The number of fused-ring (bicyclic) bond motifs is 1. The molecule has 0 bridgehead atoms. The summed E-state index contributed by atoms with van der Waals surface area (Å²) in [6.07, 6.45) is 11.7. The number of allylic oxidation sites excluding steroid dienone is 1. The molecule has 1 aromatic heterocycles. The fourth-order valence-electron chi connectivity index (χ4n) is 13.4. The molecule has 1 fully saturated rings. The van der Waals surface area contributed by atoms with Crippen LogP contribution < -0.4 is 37.6 Å². The van der Waals surface area contributed by atoms with Crippen molar-refractivity contribution in [2.75, 3.05) is 81.4 Å². The normalized spacial score (nSPS) is 20.2. The van der Waals surface area contributed by atoms with Gasteiger partial charge in [0.1, 0.15) is 18.1 Å². The number of nitrogens with zero attached hydrogens (tertiary/aromatic N) is 9. The van der Waals surface area contributed by atoms with Gasteiger partial charge in [0, 0.05) is 80.3 Å². The number of primary amides is 1. The molecule has 0 aromatic carbocycles. The second-order valence-corrected chi connectivity index (χ2v) is 30.6. The number of amides is 9. The maximum Gasteiger partial charge on any atom is 0.312 e. The van der Waals surface area contributed by atoms with Crippen LogP contribution in [0.2, 0.25) is 0 Å². The van der Waals surface area contributed by atoms with Gasteiger partial charge in [0.25, 0.3) is 0 Å². The zero-order chi connectivity index (χ0) is 74.2. The van der Waals surface area contributed by atoms with Gasteiger partial charge in [0.2, 0.25) is 41.4 Å². The first-order chi connectivity index (χ1) is 47.6. The van der Waals surface area contributed by atoms with Crippen LogP contribution in [-0.2, 0) is 70.6 Å². The molecule has 100 heavy (non-hydrogen) atoms. The summed E-state index contributed by atoms with van der Waals surface area (Å²) in [5.74, 6) is -2.29. The number of carbonyl (C=O) groups is 8. The molecule has 1 aliphatic carbocycles. The van der Waals surface area contributed by atoms with Crippen LogP contribution in [0, 0.1) is 29.6 Å². The number of azide groups is 1. The van der Waals surface area contributed by atoms with Crippen molar-refractivity contribution in [1.82, 2.24) is 61.6 Å². The molecule has 3 heterocycles. The molecule has 566 valence electrons. The summed E-state index contributed by atoms with van der Waals surface area (Å²) in [4.78, 5) is 120. The standard InChI is InChI=1S/C70H122N16O12S2/c1-17-22-52-38-51(19-3)99-41-54-55(42-100-52)81-86(80-54)32-34-98-36-35-97-33-29-58(87)78-60(43(4)5)67(91)77-53(23-20-30-73-70(71)94)66(90)75-49-27-25-48(26-28-49)37-50(40-74-82-72)76-65(89)47(11)64(96-16)56-24-21-31-85(56)59(88)39-57(95-15)63(46(10)18-2)84(14)69(93)61(44(6)7)79-68(92)62(45(8)9)83(12)13/h25-27,43-47,49-53,56-57,60-64H,17-24,28-42H2,1-16H3,(H,75,90)(H,76,89)(H,77,91)(H,78,87)(H,79,92)(H3,71,73,94)/t46-,47+,49?,50-,51?,52?,53-,56-,57+,60-,61-,62-,63-,64+/m0/s1. The van der Waals surface area contributed by atoms with Crippen molar-refractivity contribution >= 4 is 70.9 Å². The van der Waals surface area contributed by atoms with Crippen LogP contribution in [0.1, 0.15) is 171 Å². The summed E-state index contributed by atoms with van der Waals surface area (Å²) >= 11 is 3.97. The predicted octanol–water partition coefficient (Wildman–Crippen LogP) is 6.80. The van der Waals surface area contributed by atoms with Gasteiger partial charge in [0.05, 0.1) is 93.1 Å². The Kier molecular flexibility index (Phi) is 39.0. The van der Waals surface area contributed by atoms with E-state index >= 15 is 0 Å². The number of rotatable bonds is 44. The Bertz CT molecular complexity index is 2850. The number of likely N-dealkylation sites (N-methyl/N-ethyl adjacent to an activating group) is 2. The molecule has 9 amide bonds. The lowest BCUT2D eigenvalue weighted by Gasteiger charge is -2.41. The lowest BCUT2D eigenvalue weighted by atomic mass is 9.89. The van der Waals surface area contributed by atoms with Gasteiger partial charge in [-0.25, -0.2) is 4.79 Å². The molecule has 1 saturated heterocycles. The number of hydrogen-bond acceptors (Lipinski definition) is 18. The molecule has 28 nitrogen and oxygen atoms in total. The van der Waals surface area contributed by atoms with Crippen LogP contribution >= 0.6 is 23.5 Å². The first-order valence-electron chi connectivity index (χ1n) is 36.1. The molecule has 0 saturated carbocycles. The van der Waals surface area contributed by atoms with Crippen LogP contribution in [0.25, 0.3) is 10.4 Å². The molecule has 8 N–H and O–H groups in total. The Balaban J connectivity index is 1.32. The number of hydrogen-bond donors (Lipinski definition) is 7. The Morgan fingerprint density at radius 1 is 0.810 bits per heavy atom. The number of nitrogens with two attached hydrogens (primary N) is 1. The van der Waals surface area contributed by atoms with Gasteiger partial charge in [-0.15, -0.1) is 0 Å². The van der Waals surface area contributed by atoms with Crippen molar-refractivity contribution < 1.29 is 57.3 Å². The van der Waals surface area contributed by atoms with E-state index in [2.05, 4.69) is 55.8 Å². The fourth-order valence-corrected chi connectivity index (χ4v) is 16.1. The Hall–Kier alpha value is -6.01. The lowest BCUT2D eigenvalue weighted by Crippen LogP contribution is -2.59. The largest absolute Gasteiger partial charge is 0.379 e. The molecule has 14 atom stereocenters. The van der Waals surface area contributed by atoms with Crippen LogP contribution in [0.4, 0.5) is 4.79 Å². The summed E-state index contributed by atoms with van der Waals surface area (Å²) in [6.45, 7) is 23.6. The van der Waals surface area contributed by atoms with Crippen molar-refractivity contribution in [3.8, 4) is 0 Å². The van der Waals surface area contributed by atoms with Crippen LogP contribution in [0.15, 0.2) is 28.9 Å². The van der Waals surface area contributed by atoms with E-state index < -0.39 is 90.2 Å². The number of urea groups is 1. The third-order valence-electron chi connectivity index (χ3n) is 19.1. The van der Waals surface area contributed by atoms with E-state index in [1.165, 1.54) is 33.5 Å². The Labute approximate surface area is 603 Å². The second kappa shape index (κ2) is 45.2. The molecule has 0 radical (unpaired) electrons. The minimum absolute atomic E-state index is 0.000980. The van der Waals surface area contributed by atoms with Crippen molar-refractivity contribution in [1.29, 1.82) is 0 Å². The smallest absolute Gasteiger partial charge is 0.312 e. The van der Waals surface area contributed by atoms with Crippen LogP contribution in [0.3, 0.4) is 0 Å². The molecular formula is C70H122N16O12S2. The first kappa shape index (κ1) is 86.4. The van der Waals surface area contributed by atoms with Gasteiger partial charge in [0.15, 0.2) is 0 Å². The molecule has 1 aromatic rings. The highest BCUT2D eigenvalue weighted by Crippen LogP contribution is 2.35. The molecule has 2 aliphatic heterocycles. The van der Waals surface area contributed by atoms with E-state index in [0.29, 0.717) is 68.9 Å². The molecular weight excluding hydrogens is 1320 g/mol. The van der Waals surface area contributed by atoms with Gasteiger partial charge in [-0.05, 0) is 101 Å². The maximum atomic E-state index is 14.6. The van der Waals surface area contributed by atoms with E-state index in [0.717, 1.165) is 34.9 Å². The van der Waals surface area contributed by atoms with E-state index in [1.807, 2.05) is 96.2 Å². The van der Waals surface area contributed by atoms with Gasteiger partial charge < -0.3 is 66.4 Å². The third kappa shape index (κ3) is 28.0. The highest BCUT2D eigenvalue weighted by Gasteiger charge is 2.44. The van der Waals surface area contributed by atoms with Crippen LogP contribution in [0.5, 0.6) is 0 Å². The predicted molar refractivity (Wildman–Crippen MR) is 391 cm³/mol. The summed E-state index contributed by atoms with van der Waals surface area (Å²) in [5, 5.41) is 31.9. The van der Waals surface area contributed by atoms with E-state index in [1.54, 1.807) is 48.5 Å². The lowest BCUT2D eigenvalue weighted by molar-refractivity contribution is -0.148. The van der Waals surface area contributed by atoms with Gasteiger partial charge in [-0.3, -0.25) is 38.5 Å². The number of likely N-dealkylation sites (tertiary alicyclic amines) is 1. The average Bonchev–Trinajstić information content (AvgIpc) is 1.62. The van der Waals surface area contributed by atoms with Crippen molar-refractivity contribution in [2.45, 2.75) is 249 Å². The third-order valence-corrected chi connectivity index (χ3v) is 21.9. The highest BCUT2D eigenvalue weighted by molar-refractivity contribution is 8.00. The molecule has 30 heteroatoms. The maximum absolute atomic E-state index is 14.6. The molecule has 3 aliphatic rings. The summed E-state index contributed by atoms with van der Waals surface area (Å²) < 4.78 is 23.7. The number of thioether (sulfide) groups is 2. The van der Waals surface area contributed by atoms with Gasteiger partial charge in [-0.1, -0.05) is 118 Å². The summed E-state index contributed by atoms with van der Waals surface area (Å²) in [6, 6.07) is -6.18. The molecule has 0 spiro atoms. The van der Waals surface area contributed by atoms with Gasteiger partial charge >= 0.3 is 6.03 Å². The number of methoxy groups -OCH3 is 2. The number of nitrogens with one attached hydrogen (secondary N) is 6. The molecule has 3 unspecified atom stereocenters. The number of aromatic nitrogens is 3. The average molecular weight is 1440 g/mol. The van der Waals surface area contributed by atoms with Crippen molar-refractivity contribution in [3.63, 3.8) is 0 Å². The number of carbonyl (C=O) groups excluding carboxylic acids is 8. The van der Waals surface area contributed by atoms with Gasteiger partial charge in [-0.2, -0.15) is 38.5 Å². The van der Waals surface area contributed by atoms with E-state index in [9.17, 15) is 43.9 Å². The molecule has 4 rings (SSSR count). The summed E-state index contributed by atoms with van der Waals surface area (Å²) in [7, 11) is 8.43. The summed E-state index contributed by atoms with van der Waals surface area (Å²) in [5.41, 5.74) is 17.6. The first-order valence-corrected chi connectivity index (χ1v) is 38.2. The fraction of sp³-hybridized carbons (Fsp3) is 0.800. The second-order valence-electron chi connectivity index (χ2n) is 28.0. The number of ether oxygens (including phenoxy) is 4. The van der Waals surface area contributed by atoms with Crippen molar-refractivity contribution in [2.24, 2.45) is 40.4 Å². The zero-order valence-corrected chi connectivity index (χ0v) is 64.3. The Morgan fingerprint density at radius 2 is 1.48 bits per heavy atom.